The molecule has 1 unspecified atom stereocenters. The molecule has 1 aliphatic rings. The SMILES string of the molecule is C=CC(=O)N1CCCC(Nc2nc(Nc3cccc(OC)c3)ncc2F)C1. The van der Waals surface area contributed by atoms with Gasteiger partial charge < -0.3 is 20.3 Å². The number of hydrogen-bond acceptors (Lipinski definition) is 6. The molecule has 2 heterocycles. The Balaban J connectivity index is 1.71. The van der Waals surface area contributed by atoms with Gasteiger partial charge in [0.25, 0.3) is 0 Å². The van der Waals surface area contributed by atoms with E-state index in [0.717, 1.165) is 24.7 Å². The van der Waals surface area contributed by atoms with E-state index in [9.17, 15) is 9.18 Å². The van der Waals surface area contributed by atoms with Crippen molar-refractivity contribution in [1.29, 1.82) is 0 Å². The number of carbonyl (C=O) groups is 1. The Morgan fingerprint density at radius 1 is 1.48 bits per heavy atom. The van der Waals surface area contributed by atoms with Crippen molar-refractivity contribution in [2.45, 2.75) is 18.9 Å². The van der Waals surface area contributed by atoms with Crippen LogP contribution in [0.4, 0.5) is 21.8 Å². The fourth-order valence-electron chi connectivity index (χ4n) is 2.98. The third-order valence-corrected chi connectivity index (χ3v) is 4.32. The normalized spacial score (nSPS) is 16.5. The molecule has 0 aliphatic carbocycles. The topological polar surface area (TPSA) is 79.4 Å². The van der Waals surface area contributed by atoms with Crippen LogP contribution in [0.2, 0.25) is 0 Å². The van der Waals surface area contributed by atoms with E-state index in [-0.39, 0.29) is 23.7 Å². The summed E-state index contributed by atoms with van der Waals surface area (Å²) < 4.78 is 19.4. The van der Waals surface area contributed by atoms with Crippen LogP contribution in [0.25, 0.3) is 0 Å². The lowest BCUT2D eigenvalue weighted by Gasteiger charge is -2.32. The van der Waals surface area contributed by atoms with Gasteiger partial charge >= 0.3 is 0 Å². The standard InChI is InChI=1S/C19H22FN5O2/c1-3-17(26)25-9-5-7-14(12-25)22-18-16(20)11-21-19(24-18)23-13-6-4-8-15(10-13)27-2/h3-4,6,8,10-11,14H,1,5,7,9,12H2,2H3,(H2,21,22,23,24). The van der Waals surface area contributed by atoms with Crippen molar-refractivity contribution < 1.29 is 13.9 Å². The molecule has 1 atom stereocenters. The number of nitrogens with zero attached hydrogens (tertiary/aromatic N) is 3. The maximum Gasteiger partial charge on any atom is 0.246 e. The number of piperidine rings is 1. The third-order valence-electron chi connectivity index (χ3n) is 4.32. The molecular formula is C19H22FN5O2. The summed E-state index contributed by atoms with van der Waals surface area (Å²) in [7, 11) is 1.58. The largest absolute Gasteiger partial charge is 0.497 e. The number of methoxy groups -OCH3 is 1. The van der Waals surface area contributed by atoms with Crippen LogP contribution in [0.3, 0.4) is 0 Å². The van der Waals surface area contributed by atoms with Gasteiger partial charge in [0.1, 0.15) is 5.75 Å². The monoisotopic (exact) mass is 371 g/mol. The molecule has 27 heavy (non-hydrogen) atoms. The van der Waals surface area contributed by atoms with Gasteiger partial charge in [-0.2, -0.15) is 4.98 Å². The average molecular weight is 371 g/mol. The lowest BCUT2D eigenvalue weighted by molar-refractivity contribution is -0.127. The fraction of sp³-hybridized carbons (Fsp3) is 0.316. The molecule has 1 saturated heterocycles. The Kier molecular flexibility index (Phi) is 5.85. The number of halogens is 1. The summed E-state index contributed by atoms with van der Waals surface area (Å²) in [5.41, 5.74) is 0.729. The Labute approximate surface area is 157 Å². The minimum absolute atomic E-state index is 0.0864. The lowest BCUT2D eigenvalue weighted by atomic mass is 10.1. The fourth-order valence-corrected chi connectivity index (χ4v) is 2.98. The number of carbonyl (C=O) groups excluding carboxylic acids is 1. The zero-order valence-corrected chi connectivity index (χ0v) is 15.1. The highest BCUT2D eigenvalue weighted by atomic mass is 19.1. The summed E-state index contributed by atoms with van der Waals surface area (Å²) >= 11 is 0. The predicted octanol–water partition coefficient (Wildman–Crippen LogP) is 2.96. The van der Waals surface area contributed by atoms with Crippen molar-refractivity contribution >= 4 is 23.4 Å². The number of amides is 1. The van der Waals surface area contributed by atoms with Crippen molar-refractivity contribution in [3.63, 3.8) is 0 Å². The van der Waals surface area contributed by atoms with Crippen LogP contribution in [-0.4, -0.2) is 47.0 Å². The first-order valence-electron chi connectivity index (χ1n) is 8.70. The Morgan fingerprint density at radius 3 is 3.11 bits per heavy atom. The molecule has 2 N–H and O–H groups in total. The number of rotatable bonds is 6. The highest BCUT2D eigenvalue weighted by Crippen LogP contribution is 2.22. The van der Waals surface area contributed by atoms with Crippen molar-refractivity contribution in [1.82, 2.24) is 14.9 Å². The van der Waals surface area contributed by atoms with Crippen LogP contribution in [-0.2, 0) is 4.79 Å². The van der Waals surface area contributed by atoms with Crippen LogP contribution in [0.15, 0.2) is 43.1 Å². The first kappa shape index (κ1) is 18.6. The molecule has 1 amide bonds. The quantitative estimate of drug-likeness (QED) is 0.760. The summed E-state index contributed by atoms with van der Waals surface area (Å²) in [6, 6.07) is 7.19. The second-order valence-corrected chi connectivity index (χ2v) is 6.22. The molecule has 0 spiro atoms. The zero-order chi connectivity index (χ0) is 19.2. The van der Waals surface area contributed by atoms with E-state index >= 15 is 0 Å². The van der Waals surface area contributed by atoms with Gasteiger partial charge in [-0.3, -0.25) is 4.79 Å². The van der Waals surface area contributed by atoms with Gasteiger partial charge in [-0.15, -0.1) is 0 Å². The van der Waals surface area contributed by atoms with E-state index in [1.165, 1.54) is 6.08 Å². The van der Waals surface area contributed by atoms with Gasteiger partial charge in [0.15, 0.2) is 11.6 Å². The van der Waals surface area contributed by atoms with E-state index in [1.54, 1.807) is 18.1 Å². The van der Waals surface area contributed by atoms with E-state index in [4.69, 9.17) is 4.74 Å². The molecule has 142 valence electrons. The highest BCUT2D eigenvalue weighted by molar-refractivity contribution is 5.87. The molecule has 1 aliphatic heterocycles. The number of ether oxygens (including phenoxy) is 1. The molecular weight excluding hydrogens is 349 g/mol. The number of hydrogen-bond donors (Lipinski definition) is 2. The Morgan fingerprint density at radius 2 is 2.33 bits per heavy atom. The summed E-state index contributed by atoms with van der Waals surface area (Å²) in [5, 5.41) is 6.12. The van der Waals surface area contributed by atoms with Crippen molar-refractivity contribution in [2.75, 3.05) is 30.8 Å². The number of likely N-dealkylation sites (tertiary alicyclic amines) is 1. The molecule has 1 fully saturated rings. The molecule has 0 bridgehead atoms. The lowest BCUT2D eigenvalue weighted by Crippen LogP contribution is -2.44. The number of aromatic nitrogens is 2. The van der Waals surface area contributed by atoms with Gasteiger partial charge in [0.2, 0.25) is 11.9 Å². The zero-order valence-electron chi connectivity index (χ0n) is 15.1. The Hall–Kier alpha value is -3.16. The van der Waals surface area contributed by atoms with Gasteiger partial charge in [0, 0.05) is 30.9 Å². The molecule has 0 saturated carbocycles. The second-order valence-electron chi connectivity index (χ2n) is 6.22. The average Bonchev–Trinajstić information content (AvgIpc) is 2.70. The molecule has 8 heteroatoms. The van der Waals surface area contributed by atoms with Gasteiger partial charge in [-0.05, 0) is 31.1 Å². The summed E-state index contributed by atoms with van der Waals surface area (Å²) in [6.07, 6.45) is 4.07. The van der Waals surface area contributed by atoms with E-state index in [1.807, 2.05) is 18.2 Å². The smallest absolute Gasteiger partial charge is 0.246 e. The van der Waals surface area contributed by atoms with E-state index in [2.05, 4.69) is 27.2 Å². The second kappa shape index (κ2) is 8.48. The Bertz CT molecular complexity index is 829. The summed E-state index contributed by atoms with van der Waals surface area (Å²) in [4.78, 5) is 21.7. The molecule has 7 nitrogen and oxygen atoms in total. The molecule has 2 aromatic rings. The van der Waals surface area contributed by atoms with Crippen LogP contribution in [0.5, 0.6) is 5.75 Å². The van der Waals surface area contributed by atoms with Crippen LogP contribution in [0.1, 0.15) is 12.8 Å². The molecule has 1 aromatic heterocycles. The van der Waals surface area contributed by atoms with Crippen LogP contribution in [0, 0.1) is 5.82 Å². The van der Waals surface area contributed by atoms with E-state index < -0.39 is 5.82 Å². The highest BCUT2D eigenvalue weighted by Gasteiger charge is 2.23. The van der Waals surface area contributed by atoms with Gasteiger partial charge in [-0.25, -0.2) is 9.37 Å². The predicted molar refractivity (Wildman–Crippen MR) is 102 cm³/mol. The third kappa shape index (κ3) is 4.72. The first-order valence-corrected chi connectivity index (χ1v) is 8.70. The van der Waals surface area contributed by atoms with Crippen molar-refractivity contribution in [3.05, 3.63) is 48.9 Å². The maximum atomic E-state index is 14.2. The molecule has 1 aromatic carbocycles. The number of benzene rings is 1. The van der Waals surface area contributed by atoms with Crippen molar-refractivity contribution in [3.8, 4) is 5.75 Å². The van der Waals surface area contributed by atoms with Crippen molar-refractivity contribution in [2.24, 2.45) is 0 Å². The summed E-state index contributed by atoms with van der Waals surface area (Å²) in [5.74, 6) is 0.397. The number of nitrogens with one attached hydrogen (secondary N) is 2. The number of anilines is 3. The van der Waals surface area contributed by atoms with Crippen LogP contribution < -0.4 is 15.4 Å². The first-order chi connectivity index (χ1) is 13.1. The van der Waals surface area contributed by atoms with E-state index in [0.29, 0.717) is 18.8 Å². The molecule has 0 radical (unpaired) electrons. The van der Waals surface area contributed by atoms with Crippen LogP contribution >= 0.6 is 0 Å². The van der Waals surface area contributed by atoms with Gasteiger partial charge in [-0.1, -0.05) is 12.6 Å². The minimum Gasteiger partial charge on any atom is -0.497 e. The maximum absolute atomic E-state index is 14.2. The summed E-state index contributed by atoms with van der Waals surface area (Å²) in [6.45, 7) is 4.67. The minimum atomic E-state index is -0.543. The molecule has 3 rings (SSSR count). The van der Waals surface area contributed by atoms with Gasteiger partial charge in [0.05, 0.1) is 13.3 Å².